The van der Waals surface area contributed by atoms with E-state index in [1.54, 1.807) is 12.1 Å². The molecule has 1 aromatic heterocycles. The van der Waals surface area contributed by atoms with Crippen molar-refractivity contribution in [3.63, 3.8) is 0 Å². The van der Waals surface area contributed by atoms with E-state index in [2.05, 4.69) is 10.3 Å². The van der Waals surface area contributed by atoms with E-state index in [1.165, 1.54) is 12.1 Å². The van der Waals surface area contributed by atoms with Crippen molar-refractivity contribution in [3.05, 3.63) is 53.3 Å². The van der Waals surface area contributed by atoms with Crippen LogP contribution in [-0.2, 0) is 0 Å². The normalized spacial score (nSPS) is 10.1. The van der Waals surface area contributed by atoms with Crippen molar-refractivity contribution in [1.29, 1.82) is 0 Å². The second kappa shape index (κ2) is 4.87. The molecule has 4 nitrogen and oxygen atoms in total. The molecule has 1 amide bonds. The van der Waals surface area contributed by atoms with Crippen LogP contribution in [0.4, 0.5) is 5.69 Å². The monoisotopic (exact) mass is 242 g/mol. The van der Waals surface area contributed by atoms with Crippen molar-refractivity contribution in [3.8, 4) is 5.75 Å². The van der Waals surface area contributed by atoms with Crippen LogP contribution < -0.4 is 5.32 Å². The van der Waals surface area contributed by atoms with Gasteiger partial charge >= 0.3 is 0 Å². The molecule has 0 fully saturated rings. The van der Waals surface area contributed by atoms with Gasteiger partial charge in [-0.25, -0.2) is 0 Å². The van der Waals surface area contributed by atoms with Gasteiger partial charge in [-0.3, -0.25) is 9.78 Å². The summed E-state index contributed by atoms with van der Waals surface area (Å²) < 4.78 is 0. The molecular weight excluding hydrogens is 228 g/mol. The van der Waals surface area contributed by atoms with Gasteiger partial charge in [-0.15, -0.1) is 0 Å². The third-order valence-corrected chi connectivity index (χ3v) is 2.60. The number of aromatic hydroxyl groups is 1. The molecule has 0 aliphatic heterocycles. The van der Waals surface area contributed by atoms with Gasteiger partial charge in [0.1, 0.15) is 5.75 Å². The van der Waals surface area contributed by atoms with Crippen LogP contribution in [0.15, 0.2) is 36.4 Å². The van der Waals surface area contributed by atoms with Crippen molar-refractivity contribution in [1.82, 2.24) is 4.98 Å². The summed E-state index contributed by atoms with van der Waals surface area (Å²) in [5, 5.41) is 12.0. The molecule has 4 heteroatoms. The summed E-state index contributed by atoms with van der Waals surface area (Å²) in [5.41, 5.74) is 2.88. The topological polar surface area (TPSA) is 62.2 Å². The molecule has 0 bridgehead atoms. The molecule has 0 unspecified atom stereocenters. The number of anilines is 1. The maximum absolute atomic E-state index is 11.9. The highest BCUT2D eigenvalue weighted by atomic mass is 16.3. The molecule has 2 aromatic rings. The van der Waals surface area contributed by atoms with Crippen molar-refractivity contribution >= 4 is 11.6 Å². The molecule has 1 heterocycles. The molecule has 0 spiro atoms. The van der Waals surface area contributed by atoms with E-state index in [1.807, 2.05) is 26.0 Å². The lowest BCUT2D eigenvalue weighted by Gasteiger charge is -2.08. The summed E-state index contributed by atoms with van der Waals surface area (Å²) in [6, 6.07) is 9.78. The largest absolute Gasteiger partial charge is 0.508 e. The number of pyridine rings is 1. The van der Waals surface area contributed by atoms with Gasteiger partial charge < -0.3 is 10.4 Å². The zero-order chi connectivity index (χ0) is 13.1. The Kier molecular flexibility index (Phi) is 3.28. The van der Waals surface area contributed by atoms with Crippen LogP contribution in [0.5, 0.6) is 5.75 Å². The highest BCUT2D eigenvalue weighted by Crippen LogP contribution is 2.15. The molecule has 2 N–H and O–H groups in total. The van der Waals surface area contributed by atoms with E-state index < -0.39 is 0 Å². The average molecular weight is 242 g/mol. The van der Waals surface area contributed by atoms with Gasteiger partial charge in [0.15, 0.2) is 0 Å². The highest BCUT2D eigenvalue weighted by Gasteiger charge is 2.08. The average Bonchev–Trinajstić information content (AvgIpc) is 2.33. The minimum absolute atomic E-state index is 0.139. The fourth-order valence-corrected chi connectivity index (χ4v) is 1.63. The van der Waals surface area contributed by atoms with Crippen molar-refractivity contribution in [2.45, 2.75) is 13.8 Å². The third-order valence-electron chi connectivity index (χ3n) is 2.60. The van der Waals surface area contributed by atoms with E-state index >= 15 is 0 Å². The van der Waals surface area contributed by atoms with Gasteiger partial charge in [-0.2, -0.15) is 0 Å². The number of nitrogens with one attached hydrogen (secondary N) is 1. The lowest BCUT2D eigenvalue weighted by molar-refractivity contribution is 0.102. The minimum Gasteiger partial charge on any atom is -0.508 e. The van der Waals surface area contributed by atoms with Crippen LogP contribution in [0, 0.1) is 13.8 Å². The SMILES string of the molecule is Cc1ccc(NC(=O)c2ccc(O)cc2)c(C)n1. The van der Waals surface area contributed by atoms with Crippen molar-refractivity contribution < 1.29 is 9.90 Å². The number of phenols is 1. The molecule has 92 valence electrons. The standard InChI is InChI=1S/C14H14N2O2/c1-9-3-8-13(10(2)15-9)16-14(18)11-4-6-12(17)7-5-11/h3-8,17H,1-2H3,(H,16,18). The molecule has 1 aromatic carbocycles. The number of benzene rings is 1. The molecule has 0 aliphatic carbocycles. The number of nitrogens with zero attached hydrogens (tertiary/aromatic N) is 1. The number of amides is 1. The third kappa shape index (κ3) is 2.66. The molecule has 2 rings (SSSR count). The van der Waals surface area contributed by atoms with E-state index in [9.17, 15) is 4.79 Å². The Hall–Kier alpha value is -2.36. The summed E-state index contributed by atoms with van der Waals surface area (Å²) >= 11 is 0. The first-order valence-electron chi connectivity index (χ1n) is 5.61. The number of aryl methyl sites for hydroxylation is 2. The lowest BCUT2D eigenvalue weighted by atomic mass is 10.2. The van der Waals surface area contributed by atoms with Gasteiger partial charge in [-0.1, -0.05) is 0 Å². The van der Waals surface area contributed by atoms with Gasteiger partial charge in [0, 0.05) is 11.3 Å². The number of phenolic OH excluding ortho intramolecular Hbond substituents is 1. The van der Waals surface area contributed by atoms with Crippen LogP contribution in [-0.4, -0.2) is 16.0 Å². The zero-order valence-electron chi connectivity index (χ0n) is 10.3. The molecule has 0 saturated carbocycles. The van der Waals surface area contributed by atoms with Crippen LogP contribution >= 0.6 is 0 Å². The Morgan fingerprint density at radius 1 is 1.11 bits per heavy atom. The Bertz CT molecular complexity index is 577. The van der Waals surface area contributed by atoms with Gasteiger partial charge in [0.2, 0.25) is 0 Å². The zero-order valence-corrected chi connectivity index (χ0v) is 10.3. The maximum Gasteiger partial charge on any atom is 0.255 e. The predicted octanol–water partition coefficient (Wildman–Crippen LogP) is 2.66. The predicted molar refractivity (Wildman–Crippen MR) is 69.8 cm³/mol. The summed E-state index contributed by atoms with van der Waals surface area (Å²) in [6.45, 7) is 3.75. The first kappa shape index (κ1) is 12.1. The first-order valence-corrected chi connectivity index (χ1v) is 5.61. The number of hydrogen-bond acceptors (Lipinski definition) is 3. The number of rotatable bonds is 2. The minimum atomic E-state index is -0.219. The Morgan fingerprint density at radius 2 is 1.78 bits per heavy atom. The quantitative estimate of drug-likeness (QED) is 0.851. The summed E-state index contributed by atoms with van der Waals surface area (Å²) in [7, 11) is 0. The molecule has 0 aliphatic rings. The second-order valence-electron chi connectivity index (χ2n) is 4.09. The summed E-state index contributed by atoms with van der Waals surface area (Å²) in [5.74, 6) is -0.0801. The van der Waals surface area contributed by atoms with E-state index in [4.69, 9.17) is 5.11 Å². The highest BCUT2D eigenvalue weighted by molar-refractivity contribution is 6.04. The number of aromatic nitrogens is 1. The van der Waals surface area contributed by atoms with E-state index in [0.29, 0.717) is 11.3 Å². The first-order chi connectivity index (χ1) is 8.56. The fourth-order valence-electron chi connectivity index (χ4n) is 1.63. The fraction of sp³-hybridized carbons (Fsp3) is 0.143. The number of hydrogen-bond donors (Lipinski definition) is 2. The maximum atomic E-state index is 11.9. The van der Waals surface area contributed by atoms with E-state index in [-0.39, 0.29) is 11.7 Å². The van der Waals surface area contributed by atoms with Gasteiger partial charge in [0.25, 0.3) is 5.91 Å². The molecule has 0 atom stereocenters. The Labute approximate surface area is 105 Å². The Morgan fingerprint density at radius 3 is 2.39 bits per heavy atom. The summed E-state index contributed by atoms with van der Waals surface area (Å²) in [4.78, 5) is 16.2. The number of carbonyl (C=O) groups is 1. The molecular formula is C14H14N2O2. The summed E-state index contributed by atoms with van der Waals surface area (Å²) in [6.07, 6.45) is 0. The smallest absolute Gasteiger partial charge is 0.255 e. The molecule has 18 heavy (non-hydrogen) atoms. The van der Waals surface area contributed by atoms with Gasteiger partial charge in [-0.05, 0) is 50.2 Å². The lowest BCUT2D eigenvalue weighted by Crippen LogP contribution is -2.13. The van der Waals surface area contributed by atoms with Crippen LogP contribution in [0.1, 0.15) is 21.7 Å². The van der Waals surface area contributed by atoms with Crippen LogP contribution in [0.2, 0.25) is 0 Å². The van der Waals surface area contributed by atoms with Crippen LogP contribution in [0.25, 0.3) is 0 Å². The van der Waals surface area contributed by atoms with Crippen molar-refractivity contribution in [2.24, 2.45) is 0 Å². The van der Waals surface area contributed by atoms with E-state index in [0.717, 1.165) is 11.4 Å². The molecule has 0 radical (unpaired) electrons. The molecule has 0 saturated heterocycles. The number of carbonyl (C=O) groups excluding carboxylic acids is 1. The van der Waals surface area contributed by atoms with Crippen molar-refractivity contribution in [2.75, 3.05) is 5.32 Å². The van der Waals surface area contributed by atoms with Crippen LogP contribution in [0.3, 0.4) is 0 Å². The van der Waals surface area contributed by atoms with Gasteiger partial charge in [0.05, 0.1) is 11.4 Å². The Balaban J connectivity index is 2.18. The second-order valence-corrected chi connectivity index (χ2v) is 4.09.